The van der Waals surface area contributed by atoms with Gasteiger partial charge in [-0.25, -0.2) is 9.59 Å². The number of hydrogen-bond donors (Lipinski definition) is 3. The van der Waals surface area contributed by atoms with Crippen molar-refractivity contribution in [2.24, 2.45) is 5.73 Å². The lowest BCUT2D eigenvalue weighted by Gasteiger charge is -2.09. The lowest BCUT2D eigenvalue weighted by molar-refractivity contribution is -0.143. The Bertz CT molecular complexity index is 716. The maximum atomic E-state index is 11.6. The molecule has 0 heterocycles. The average molecular weight is 365 g/mol. The Balaban J connectivity index is 2.61. The highest BCUT2D eigenvalue weighted by atomic mass is 16.5. The summed E-state index contributed by atoms with van der Waals surface area (Å²) in [5.41, 5.74) is 5.59. The fourth-order valence-electron chi connectivity index (χ4n) is 1.63. The molecule has 4 N–H and O–H groups in total. The summed E-state index contributed by atoms with van der Waals surface area (Å²) in [5.74, 6) is -1.50. The van der Waals surface area contributed by atoms with Gasteiger partial charge in [0.25, 0.3) is 11.8 Å². The predicted molar refractivity (Wildman–Crippen MR) is 90.3 cm³/mol. The van der Waals surface area contributed by atoms with E-state index < -0.39 is 30.4 Å². The summed E-state index contributed by atoms with van der Waals surface area (Å²) in [4.78, 5) is 44.5. The summed E-state index contributed by atoms with van der Waals surface area (Å²) in [6, 6.07) is 4.02. The normalized spacial score (nSPS) is 10.1. The van der Waals surface area contributed by atoms with Crippen molar-refractivity contribution < 1.29 is 33.4 Å². The third kappa shape index (κ3) is 7.34. The largest absolute Gasteiger partial charge is 0.493 e. The number of carbonyl (C=O) groups is 4. The van der Waals surface area contributed by atoms with E-state index in [2.05, 4.69) is 5.32 Å². The van der Waals surface area contributed by atoms with Gasteiger partial charge in [0.2, 0.25) is 0 Å². The van der Waals surface area contributed by atoms with Gasteiger partial charge in [-0.15, -0.1) is 0 Å². The Morgan fingerprint density at radius 3 is 2.50 bits per heavy atom. The molecule has 0 aliphatic rings. The monoisotopic (exact) mass is 365 g/mol. The first-order chi connectivity index (χ1) is 12.3. The van der Waals surface area contributed by atoms with Crippen molar-refractivity contribution >= 4 is 29.9 Å². The van der Waals surface area contributed by atoms with Crippen molar-refractivity contribution in [1.29, 1.82) is 0 Å². The molecule has 1 rings (SSSR count). The Morgan fingerprint density at radius 1 is 1.15 bits per heavy atom. The van der Waals surface area contributed by atoms with E-state index in [0.717, 1.165) is 6.08 Å². The number of nitrogens with one attached hydrogen (secondary N) is 2. The van der Waals surface area contributed by atoms with Crippen molar-refractivity contribution in [3.05, 3.63) is 29.8 Å². The molecule has 26 heavy (non-hydrogen) atoms. The van der Waals surface area contributed by atoms with E-state index in [9.17, 15) is 19.2 Å². The minimum absolute atomic E-state index is 0.296. The molecule has 0 aliphatic heterocycles. The van der Waals surface area contributed by atoms with Gasteiger partial charge in [0.05, 0.1) is 7.11 Å². The first-order valence-corrected chi connectivity index (χ1v) is 7.31. The quantitative estimate of drug-likeness (QED) is 0.418. The second kappa shape index (κ2) is 10.3. The minimum atomic E-state index is -0.773. The van der Waals surface area contributed by atoms with Crippen LogP contribution in [0.4, 0.5) is 4.79 Å². The van der Waals surface area contributed by atoms with E-state index in [1.54, 1.807) is 18.2 Å². The first kappa shape index (κ1) is 20.5. The standard InChI is InChI=1S/C16H19N3O7/c1-18-16(23)19-14(21)9-26-15(22)6-4-10-3-5-11(12(7-10)24-2)25-8-13(17)20/h3-7H,8-9H2,1-2H3,(H2,17,20)(H2,18,19,21,23)/b6-4+. The van der Waals surface area contributed by atoms with Crippen LogP contribution in [-0.4, -0.2) is 51.2 Å². The molecule has 0 bridgehead atoms. The number of imide groups is 1. The zero-order valence-corrected chi connectivity index (χ0v) is 14.2. The number of primary amides is 1. The molecule has 0 radical (unpaired) electrons. The molecule has 0 saturated carbocycles. The Hall–Kier alpha value is -3.56. The zero-order valence-electron chi connectivity index (χ0n) is 14.2. The molecule has 10 nitrogen and oxygen atoms in total. The van der Waals surface area contributed by atoms with Crippen LogP contribution in [0.2, 0.25) is 0 Å². The maximum Gasteiger partial charge on any atom is 0.331 e. The first-order valence-electron chi connectivity index (χ1n) is 7.31. The van der Waals surface area contributed by atoms with Crippen molar-refractivity contribution in [3.8, 4) is 11.5 Å². The summed E-state index contributed by atoms with van der Waals surface area (Å²) in [5, 5.41) is 4.13. The summed E-state index contributed by atoms with van der Waals surface area (Å²) >= 11 is 0. The van der Waals surface area contributed by atoms with Crippen LogP contribution >= 0.6 is 0 Å². The molecule has 0 aliphatic carbocycles. The molecule has 140 valence electrons. The molecular weight excluding hydrogens is 346 g/mol. The van der Waals surface area contributed by atoms with Gasteiger partial charge in [-0.05, 0) is 23.8 Å². The number of esters is 1. The molecule has 0 aromatic heterocycles. The van der Waals surface area contributed by atoms with Crippen LogP contribution in [0.1, 0.15) is 5.56 Å². The number of hydrogen-bond acceptors (Lipinski definition) is 7. The smallest absolute Gasteiger partial charge is 0.331 e. The van der Waals surface area contributed by atoms with E-state index in [1.165, 1.54) is 20.2 Å². The number of ether oxygens (including phenoxy) is 3. The number of urea groups is 1. The fourth-order valence-corrected chi connectivity index (χ4v) is 1.63. The van der Waals surface area contributed by atoms with E-state index in [0.29, 0.717) is 17.1 Å². The van der Waals surface area contributed by atoms with Gasteiger partial charge in [-0.1, -0.05) is 6.07 Å². The third-order valence-corrected chi connectivity index (χ3v) is 2.80. The lowest BCUT2D eigenvalue weighted by atomic mass is 10.2. The predicted octanol–water partition coefficient (Wildman–Crippen LogP) is -0.429. The van der Waals surface area contributed by atoms with Crippen molar-refractivity contribution in [1.82, 2.24) is 10.6 Å². The minimum Gasteiger partial charge on any atom is -0.493 e. The van der Waals surface area contributed by atoms with Crippen LogP contribution in [-0.2, 0) is 19.1 Å². The maximum absolute atomic E-state index is 11.6. The van der Waals surface area contributed by atoms with Crippen LogP contribution in [0.25, 0.3) is 6.08 Å². The Morgan fingerprint density at radius 2 is 1.88 bits per heavy atom. The highest BCUT2D eigenvalue weighted by molar-refractivity contribution is 5.96. The van der Waals surface area contributed by atoms with Crippen LogP contribution in [0, 0.1) is 0 Å². The molecule has 0 fully saturated rings. The Kier molecular flexibility index (Phi) is 8.14. The van der Waals surface area contributed by atoms with Crippen molar-refractivity contribution in [2.45, 2.75) is 0 Å². The summed E-state index contributed by atoms with van der Waals surface area (Å²) in [6.45, 7) is -0.893. The number of nitrogens with two attached hydrogens (primary N) is 1. The van der Waals surface area contributed by atoms with Gasteiger partial charge in [-0.2, -0.15) is 0 Å². The van der Waals surface area contributed by atoms with E-state index in [-0.39, 0.29) is 6.61 Å². The molecular formula is C16H19N3O7. The topological polar surface area (TPSA) is 146 Å². The van der Waals surface area contributed by atoms with Gasteiger partial charge in [0.15, 0.2) is 24.7 Å². The zero-order chi connectivity index (χ0) is 19.5. The average Bonchev–Trinajstić information content (AvgIpc) is 2.62. The summed E-state index contributed by atoms with van der Waals surface area (Å²) in [7, 11) is 2.76. The SMILES string of the molecule is CNC(=O)NC(=O)COC(=O)/C=C/c1ccc(OCC(N)=O)c(OC)c1. The van der Waals surface area contributed by atoms with E-state index in [1.807, 2.05) is 5.32 Å². The van der Waals surface area contributed by atoms with Gasteiger partial charge in [-0.3, -0.25) is 14.9 Å². The van der Waals surface area contributed by atoms with Gasteiger partial charge in [0.1, 0.15) is 0 Å². The molecule has 1 aromatic carbocycles. The number of rotatable bonds is 8. The number of amides is 4. The van der Waals surface area contributed by atoms with Crippen LogP contribution in [0.15, 0.2) is 24.3 Å². The lowest BCUT2D eigenvalue weighted by Crippen LogP contribution is -2.39. The second-order valence-corrected chi connectivity index (χ2v) is 4.73. The second-order valence-electron chi connectivity index (χ2n) is 4.73. The van der Waals surface area contributed by atoms with Gasteiger partial charge < -0.3 is 25.3 Å². The highest BCUT2D eigenvalue weighted by Gasteiger charge is 2.09. The van der Waals surface area contributed by atoms with E-state index >= 15 is 0 Å². The van der Waals surface area contributed by atoms with Gasteiger partial charge in [0, 0.05) is 13.1 Å². The number of benzene rings is 1. The molecule has 1 aromatic rings. The third-order valence-electron chi connectivity index (χ3n) is 2.80. The molecule has 0 unspecified atom stereocenters. The molecule has 4 amide bonds. The molecule has 0 spiro atoms. The fraction of sp³-hybridized carbons (Fsp3) is 0.250. The van der Waals surface area contributed by atoms with Crippen LogP contribution in [0.5, 0.6) is 11.5 Å². The van der Waals surface area contributed by atoms with Crippen molar-refractivity contribution in [2.75, 3.05) is 27.4 Å². The van der Waals surface area contributed by atoms with Crippen LogP contribution < -0.4 is 25.8 Å². The van der Waals surface area contributed by atoms with E-state index in [4.69, 9.17) is 19.9 Å². The number of methoxy groups -OCH3 is 1. The molecule has 0 atom stereocenters. The Labute approximate surface area is 149 Å². The highest BCUT2D eigenvalue weighted by Crippen LogP contribution is 2.28. The van der Waals surface area contributed by atoms with Gasteiger partial charge >= 0.3 is 12.0 Å². The van der Waals surface area contributed by atoms with Crippen molar-refractivity contribution in [3.63, 3.8) is 0 Å². The molecule has 0 saturated heterocycles. The summed E-state index contributed by atoms with van der Waals surface area (Å²) < 4.78 is 15.0. The number of carbonyl (C=O) groups excluding carboxylic acids is 4. The summed E-state index contributed by atoms with van der Waals surface area (Å²) in [6.07, 6.45) is 2.53. The van der Waals surface area contributed by atoms with Crippen LogP contribution in [0.3, 0.4) is 0 Å². The molecule has 10 heteroatoms.